The maximum Gasteiger partial charge on any atom is 0.511 e. The molecule has 0 aliphatic heterocycles. The van der Waals surface area contributed by atoms with E-state index in [1.165, 1.54) is 12.1 Å². The van der Waals surface area contributed by atoms with E-state index in [1.54, 1.807) is 0 Å². The fourth-order valence-corrected chi connectivity index (χ4v) is 2.69. The Bertz CT molecular complexity index is 870. The summed E-state index contributed by atoms with van der Waals surface area (Å²) in [6.45, 7) is 0. The van der Waals surface area contributed by atoms with Crippen molar-refractivity contribution >= 4 is 33.2 Å². The van der Waals surface area contributed by atoms with Crippen molar-refractivity contribution in [1.82, 2.24) is 0 Å². The lowest BCUT2D eigenvalue weighted by molar-refractivity contribution is 0.142. The number of ether oxygens (including phenoxy) is 2. The predicted molar refractivity (Wildman–Crippen MR) is 71.1 cm³/mol. The molecule has 0 heterocycles. The molecule has 10 heteroatoms. The average molecular weight is 328 g/mol. The number of rotatable bonds is 3. The van der Waals surface area contributed by atoms with Crippen LogP contribution in [-0.4, -0.2) is 35.5 Å². The van der Waals surface area contributed by atoms with Gasteiger partial charge in [-0.2, -0.15) is 8.42 Å². The second kappa shape index (κ2) is 5.50. The van der Waals surface area contributed by atoms with E-state index >= 15 is 0 Å². The molecule has 22 heavy (non-hydrogen) atoms. The topological polar surface area (TPSA) is 147 Å². The molecule has 0 spiro atoms. The Morgan fingerprint density at radius 3 is 2.14 bits per heavy atom. The molecule has 0 radical (unpaired) electrons. The van der Waals surface area contributed by atoms with E-state index in [-0.39, 0.29) is 16.5 Å². The lowest BCUT2D eigenvalue weighted by Crippen LogP contribution is -2.09. The van der Waals surface area contributed by atoms with Gasteiger partial charge in [-0.25, -0.2) is 9.59 Å². The summed E-state index contributed by atoms with van der Waals surface area (Å²) in [4.78, 5) is 20.3. The van der Waals surface area contributed by atoms with Crippen LogP contribution in [0.15, 0.2) is 35.2 Å². The molecule has 3 N–H and O–H groups in total. The monoisotopic (exact) mass is 328 g/mol. The zero-order chi connectivity index (χ0) is 16.5. The van der Waals surface area contributed by atoms with Gasteiger partial charge < -0.3 is 19.7 Å². The van der Waals surface area contributed by atoms with E-state index in [0.717, 1.165) is 18.2 Å². The van der Waals surface area contributed by atoms with Crippen LogP contribution in [0, 0.1) is 0 Å². The van der Waals surface area contributed by atoms with E-state index in [4.69, 9.17) is 10.2 Å². The van der Waals surface area contributed by atoms with Crippen molar-refractivity contribution in [3.63, 3.8) is 0 Å². The predicted octanol–water partition coefficient (Wildman–Crippen LogP) is 2.20. The molecule has 2 rings (SSSR count). The normalized spacial score (nSPS) is 11.1. The van der Waals surface area contributed by atoms with Crippen molar-refractivity contribution in [3.05, 3.63) is 30.3 Å². The lowest BCUT2D eigenvalue weighted by atomic mass is 10.1. The molecule has 0 atom stereocenters. The highest BCUT2D eigenvalue weighted by molar-refractivity contribution is 7.86. The molecule has 0 aliphatic rings. The zero-order valence-electron chi connectivity index (χ0n) is 10.6. The van der Waals surface area contributed by atoms with Gasteiger partial charge in [-0.1, -0.05) is 6.07 Å². The van der Waals surface area contributed by atoms with Gasteiger partial charge in [0.25, 0.3) is 10.1 Å². The first-order valence-corrected chi connectivity index (χ1v) is 6.98. The fourth-order valence-electron chi connectivity index (χ4n) is 1.86. The number of fused-ring (bicyclic) bond motifs is 1. The molecule has 0 saturated heterocycles. The van der Waals surface area contributed by atoms with Crippen molar-refractivity contribution in [2.24, 2.45) is 0 Å². The Morgan fingerprint density at radius 1 is 0.955 bits per heavy atom. The summed E-state index contributed by atoms with van der Waals surface area (Å²) < 4.78 is 41.0. The van der Waals surface area contributed by atoms with Crippen LogP contribution < -0.4 is 9.47 Å². The Balaban J connectivity index is 2.71. The Kier molecular flexibility index (Phi) is 3.89. The summed E-state index contributed by atoms with van der Waals surface area (Å²) in [5, 5.41) is 17.3. The standard InChI is InChI=1S/C12H8O9S/c13-11(14)20-7-2-3-8-6(5-7)1-4-9(21-12(15)16)10(8)22(17,18)19/h1-5H,(H,13,14)(H,15,16)(H,17,18,19). The average Bonchev–Trinajstić information content (AvgIpc) is 2.35. The molecular weight excluding hydrogens is 320 g/mol. The van der Waals surface area contributed by atoms with Gasteiger partial charge in [-0.05, 0) is 29.7 Å². The first-order valence-electron chi connectivity index (χ1n) is 5.54. The quantitative estimate of drug-likeness (QED) is 0.438. The lowest BCUT2D eigenvalue weighted by Gasteiger charge is -2.10. The fraction of sp³-hybridized carbons (Fsp3) is 0. The number of benzene rings is 2. The van der Waals surface area contributed by atoms with Gasteiger partial charge in [-0.15, -0.1) is 0 Å². The highest BCUT2D eigenvalue weighted by Gasteiger charge is 2.22. The van der Waals surface area contributed by atoms with E-state index in [2.05, 4.69) is 9.47 Å². The summed E-state index contributed by atoms with van der Waals surface area (Å²) in [5.74, 6) is -0.650. The van der Waals surface area contributed by atoms with Crippen LogP contribution in [0.1, 0.15) is 0 Å². The van der Waals surface area contributed by atoms with E-state index < -0.39 is 33.1 Å². The smallest absolute Gasteiger partial charge is 0.449 e. The van der Waals surface area contributed by atoms with Crippen molar-refractivity contribution in [2.75, 3.05) is 0 Å². The zero-order valence-corrected chi connectivity index (χ0v) is 11.4. The molecule has 0 bridgehead atoms. The van der Waals surface area contributed by atoms with Crippen molar-refractivity contribution in [2.45, 2.75) is 4.90 Å². The van der Waals surface area contributed by atoms with E-state index in [9.17, 15) is 22.6 Å². The maximum atomic E-state index is 11.5. The number of carboxylic acid groups (broad SMARTS) is 2. The Morgan fingerprint density at radius 2 is 1.59 bits per heavy atom. The molecule has 0 aliphatic carbocycles. The molecule has 0 unspecified atom stereocenters. The summed E-state index contributed by atoms with van der Waals surface area (Å²) in [6, 6.07) is 5.82. The third kappa shape index (κ3) is 3.24. The first kappa shape index (κ1) is 15.5. The Hall–Kier alpha value is -2.85. The molecule has 0 saturated carbocycles. The van der Waals surface area contributed by atoms with E-state index in [1.807, 2.05) is 0 Å². The minimum atomic E-state index is -4.79. The van der Waals surface area contributed by atoms with Crippen molar-refractivity contribution in [1.29, 1.82) is 0 Å². The van der Waals surface area contributed by atoms with Gasteiger partial charge >= 0.3 is 12.3 Å². The summed E-state index contributed by atoms with van der Waals surface area (Å²) in [7, 11) is -4.79. The first-order chi connectivity index (χ1) is 10.2. The third-order valence-electron chi connectivity index (χ3n) is 2.57. The van der Waals surface area contributed by atoms with Gasteiger partial charge in [0.05, 0.1) is 0 Å². The van der Waals surface area contributed by atoms with Crippen LogP contribution >= 0.6 is 0 Å². The van der Waals surface area contributed by atoms with Crippen molar-refractivity contribution in [3.8, 4) is 11.5 Å². The molecule has 0 fully saturated rings. The summed E-state index contributed by atoms with van der Waals surface area (Å²) in [5.41, 5.74) is 0. The van der Waals surface area contributed by atoms with Crippen LogP contribution in [0.2, 0.25) is 0 Å². The molecule has 0 amide bonds. The third-order valence-corrected chi connectivity index (χ3v) is 3.50. The number of hydrogen-bond acceptors (Lipinski definition) is 6. The van der Waals surface area contributed by atoms with Crippen LogP contribution in [0.4, 0.5) is 9.59 Å². The van der Waals surface area contributed by atoms with Gasteiger partial charge in [0, 0.05) is 5.39 Å². The minimum absolute atomic E-state index is 0.0565. The van der Waals surface area contributed by atoms with Gasteiger partial charge in [0.2, 0.25) is 0 Å². The van der Waals surface area contributed by atoms with Gasteiger partial charge in [0.15, 0.2) is 5.75 Å². The molecule has 2 aromatic rings. The highest BCUT2D eigenvalue weighted by Crippen LogP contribution is 2.34. The highest BCUT2D eigenvalue weighted by atomic mass is 32.2. The number of carbonyl (C=O) groups is 2. The van der Waals surface area contributed by atoms with Crippen molar-refractivity contribution < 1.29 is 42.2 Å². The largest absolute Gasteiger partial charge is 0.511 e. The molecule has 0 aromatic heterocycles. The number of hydrogen-bond donors (Lipinski definition) is 3. The van der Waals surface area contributed by atoms with Gasteiger partial charge in [0.1, 0.15) is 10.6 Å². The van der Waals surface area contributed by atoms with E-state index in [0.29, 0.717) is 0 Å². The molecular formula is C12H8O9S. The van der Waals surface area contributed by atoms with Crippen LogP contribution in [-0.2, 0) is 10.1 Å². The second-order valence-electron chi connectivity index (χ2n) is 3.99. The Labute approximate surface area is 123 Å². The maximum absolute atomic E-state index is 11.5. The van der Waals surface area contributed by atoms with Crippen LogP contribution in [0.3, 0.4) is 0 Å². The summed E-state index contributed by atoms with van der Waals surface area (Å²) >= 11 is 0. The molecule has 116 valence electrons. The van der Waals surface area contributed by atoms with Gasteiger partial charge in [-0.3, -0.25) is 4.55 Å². The SMILES string of the molecule is O=C(O)Oc1ccc2c(S(=O)(=O)O)c(OC(=O)O)ccc2c1. The van der Waals surface area contributed by atoms with Crippen LogP contribution in [0.5, 0.6) is 11.5 Å². The molecule has 2 aromatic carbocycles. The minimum Gasteiger partial charge on any atom is -0.449 e. The second-order valence-corrected chi connectivity index (χ2v) is 5.35. The van der Waals surface area contributed by atoms with Crippen LogP contribution in [0.25, 0.3) is 10.8 Å². The molecule has 9 nitrogen and oxygen atoms in total. The summed E-state index contributed by atoms with van der Waals surface area (Å²) in [6.07, 6.45) is -3.31.